The van der Waals surface area contributed by atoms with Gasteiger partial charge in [0.15, 0.2) is 0 Å². The summed E-state index contributed by atoms with van der Waals surface area (Å²) in [5.74, 6) is 0.763. The average molecular weight is 293 g/mol. The summed E-state index contributed by atoms with van der Waals surface area (Å²) in [4.78, 5) is 4.62. The highest BCUT2D eigenvalue weighted by Crippen LogP contribution is 2.33. The molecule has 5 nitrogen and oxygen atoms in total. The van der Waals surface area contributed by atoms with Crippen molar-refractivity contribution in [1.82, 2.24) is 4.90 Å². The molecule has 1 aromatic carbocycles. The number of anilines is 2. The SMILES string of the molecule is CC(C)Oc1cccc(N2CCCN(CCO)CC2)c1N. The molecule has 118 valence electrons. The van der Waals surface area contributed by atoms with Gasteiger partial charge in [-0.05, 0) is 38.9 Å². The molecule has 1 fully saturated rings. The first-order valence-corrected chi connectivity index (χ1v) is 7.75. The van der Waals surface area contributed by atoms with Crippen molar-refractivity contribution >= 4 is 11.4 Å². The smallest absolute Gasteiger partial charge is 0.144 e. The summed E-state index contributed by atoms with van der Waals surface area (Å²) < 4.78 is 5.77. The Balaban J connectivity index is 2.10. The van der Waals surface area contributed by atoms with Gasteiger partial charge in [0.1, 0.15) is 5.75 Å². The van der Waals surface area contributed by atoms with Crippen LogP contribution in [0.3, 0.4) is 0 Å². The van der Waals surface area contributed by atoms with Gasteiger partial charge in [0, 0.05) is 26.2 Å². The van der Waals surface area contributed by atoms with Crippen LogP contribution >= 0.6 is 0 Å². The molecule has 0 bridgehead atoms. The van der Waals surface area contributed by atoms with E-state index in [2.05, 4.69) is 15.9 Å². The summed E-state index contributed by atoms with van der Waals surface area (Å²) in [6.07, 6.45) is 1.20. The molecule has 0 amide bonds. The first kappa shape index (κ1) is 15.9. The van der Waals surface area contributed by atoms with E-state index in [1.54, 1.807) is 0 Å². The number of ether oxygens (including phenoxy) is 1. The van der Waals surface area contributed by atoms with Crippen molar-refractivity contribution in [3.05, 3.63) is 18.2 Å². The standard InChI is InChI=1S/C16H27N3O2/c1-13(2)21-15-6-3-5-14(16(15)17)19-8-4-7-18(9-10-19)11-12-20/h3,5-6,13,20H,4,7-12,17H2,1-2H3. The molecular formula is C16H27N3O2. The molecule has 1 aliphatic rings. The number of para-hydroxylation sites is 1. The number of hydrogen-bond donors (Lipinski definition) is 2. The van der Waals surface area contributed by atoms with Gasteiger partial charge in [-0.25, -0.2) is 0 Å². The Morgan fingerprint density at radius 3 is 2.76 bits per heavy atom. The zero-order valence-electron chi connectivity index (χ0n) is 13.1. The number of nitrogen functional groups attached to an aromatic ring is 1. The fraction of sp³-hybridized carbons (Fsp3) is 0.625. The van der Waals surface area contributed by atoms with E-state index in [9.17, 15) is 0 Å². The Morgan fingerprint density at radius 1 is 1.24 bits per heavy atom. The van der Waals surface area contributed by atoms with Gasteiger partial charge in [0.05, 0.1) is 24.1 Å². The molecule has 0 unspecified atom stereocenters. The molecule has 1 aromatic rings. The maximum Gasteiger partial charge on any atom is 0.144 e. The summed E-state index contributed by atoms with van der Waals surface area (Å²) in [6, 6.07) is 5.98. The molecule has 21 heavy (non-hydrogen) atoms. The highest BCUT2D eigenvalue weighted by atomic mass is 16.5. The minimum Gasteiger partial charge on any atom is -0.489 e. The maximum absolute atomic E-state index is 9.07. The van der Waals surface area contributed by atoms with Gasteiger partial charge in [-0.2, -0.15) is 0 Å². The predicted molar refractivity (Wildman–Crippen MR) is 87.0 cm³/mol. The Bertz CT molecular complexity index is 451. The lowest BCUT2D eigenvalue weighted by molar-refractivity contribution is 0.204. The zero-order chi connectivity index (χ0) is 15.2. The predicted octanol–water partition coefficient (Wildman–Crippen LogP) is 1.56. The molecule has 0 atom stereocenters. The van der Waals surface area contributed by atoms with Crippen molar-refractivity contribution < 1.29 is 9.84 Å². The van der Waals surface area contributed by atoms with Gasteiger partial charge in [-0.1, -0.05) is 6.07 Å². The van der Waals surface area contributed by atoms with Crippen molar-refractivity contribution in [2.45, 2.75) is 26.4 Å². The van der Waals surface area contributed by atoms with E-state index in [0.29, 0.717) is 0 Å². The highest BCUT2D eigenvalue weighted by molar-refractivity contribution is 5.74. The molecule has 0 radical (unpaired) electrons. The lowest BCUT2D eigenvalue weighted by Crippen LogP contribution is -2.32. The number of aliphatic hydroxyl groups is 1. The first-order chi connectivity index (χ1) is 10.1. The van der Waals surface area contributed by atoms with E-state index in [1.807, 2.05) is 26.0 Å². The first-order valence-electron chi connectivity index (χ1n) is 7.75. The van der Waals surface area contributed by atoms with Gasteiger partial charge in [-0.3, -0.25) is 4.90 Å². The van der Waals surface area contributed by atoms with E-state index in [1.165, 1.54) is 0 Å². The minimum atomic E-state index is 0.117. The number of β-amino-alcohol motifs (C(OH)–C–C–N with tert-alkyl or cyclic N) is 1. The molecule has 0 spiro atoms. The quantitative estimate of drug-likeness (QED) is 0.807. The second-order valence-corrected chi connectivity index (χ2v) is 5.76. The van der Waals surface area contributed by atoms with Crippen LogP contribution in [0.4, 0.5) is 11.4 Å². The molecule has 1 saturated heterocycles. The average Bonchev–Trinajstić information content (AvgIpc) is 2.67. The number of benzene rings is 1. The second-order valence-electron chi connectivity index (χ2n) is 5.76. The van der Waals surface area contributed by atoms with Crippen LogP contribution in [0.5, 0.6) is 5.75 Å². The number of nitrogens with two attached hydrogens (primary N) is 1. The van der Waals surface area contributed by atoms with Gasteiger partial charge in [-0.15, -0.1) is 0 Å². The summed E-state index contributed by atoms with van der Waals surface area (Å²) in [5.41, 5.74) is 8.07. The van der Waals surface area contributed by atoms with Crippen LogP contribution in [0.15, 0.2) is 18.2 Å². The number of nitrogens with zero attached hydrogens (tertiary/aromatic N) is 2. The highest BCUT2D eigenvalue weighted by Gasteiger charge is 2.18. The molecule has 0 aromatic heterocycles. The third kappa shape index (κ3) is 4.25. The molecule has 0 saturated carbocycles. The van der Waals surface area contributed by atoms with E-state index >= 15 is 0 Å². The Labute approximate surface area is 127 Å². The van der Waals surface area contributed by atoms with E-state index in [0.717, 1.165) is 56.3 Å². The zero-order valence-corrected chi connectivity index (χ0v) is 13.1. The minimum absolute atomic E-state index is 0.117. The molecule has 3 N–H and O–H groups in total. The van der Waals surface area contributed by atoms with E-state index in [-0.39, 0.29) is 12.7 Å². The monoisotopic (exact) mass is 293 g/mol. The number of hydrogen-bond acceptors (Lipinski definition) is 5. The van der Waals surface area contributed by atoms with Gasteiger partial charge >= 0.3 is 0 Å². The largest absolute Gasteiger partial charge is 0.489 e. The topological polar surface area (TPSA) is 62.0 Å². The number of rotatable bonds is 5. The third-order valence-corrected chi connectivity index (χ3v) is 3.75. The molecule has 0 aliphatic carbocycles. The van der Waals surface area contributed by atoms with Crippen LogP contribution < -0.4 is 15.4 Å². The lowest BCUT2D eigenvalue weighted by atomic mass is 10.2. The summed E-state index contributed by atoms with van der Waals surface area (Å²) >= 11 is 0. The van der Waals surface area contributed by atoms with Gasteiger partial charge < -0.3 is 20.5 Å². The fourth-order valence-corrected chi connectivity index (χ4v) is 2.74. The Morgan fingerprint density at radius 2 is 2.05 bits per heavy atom. The lowest BCUT2D eigenvalue weighted by Gasteiger charge is -2.26. The summed E-state index contributed by atoms with van der Waals surface area (Å²) in [7, 11) is 0. The van der Waals surface area contributed by atoms with E-state index in [4.69, 9.17) is 15.6 Å². The van der Waals surface area contributed by atoms with Crippen molar-refractivity contribution in [2.24, 2.45) is 0 Å². The molecule has 5 heteroatoms. The molecule has 2 rings (SSSR count). The van der Waals surface area contributed by atoms with E-state index < -0.39 is 0 Å². The van der Waals surface area contributed by atoms with Crippen LogP contribution in [0.25, 0.3) is 0 Å². The van der Waals surface area contributed by atoms with Gasteiger partial charge in [0.25, 0.3) is 0 Å². The molecule has 1 heterocycles. The molecule has 1 aliphatic heterocycles. The van der Waals surface area contributed by atoms with Crippen LogP contribution in [0.2, 0.25) is 0 Å². The summed E-state index contributed by atoms with van der Waals surface area (Å²) in [6.45, 7) is 8.87. The van der Waals surface area contributed by atoms with Crippen LogP contribution in [0, 0.1) is 0 Å². The maximum atomic E-state index is 9.07. The summed E-state index contributed by atoms with van der Waals surface area (Å²) in [5, 5.41) is 9.07. The second kappa shape index (κ2) is 7.52. The number of aliphatic hydroxyl groups excluding tert-OH is 1. The van der Waals surface area contributed by atoms with Crippen molar-refractivity contribution in [2.75, 3.05) is 50.0 Å². The Hall–Kier alpha value is -1.46. The van der Waals surface area contributed by atoms with Crippen LogP contribution in [-0.4, -0.2) is 55.4 Å². The Kier molecular flexibility index (Phi) is 5.70. The normalized spacial score (nSPS) is 17.0. The third-order valence-electron chi connectivity index (χ3n) is 3.75. The molecular weight excluding hydrogens is 266 g/mol. The van der Waals surface area contributed by atoms with Crippen LogP contribution in [0.1, 0.15) is 20.3 Å². The van der Waals surface area contributed by atoms with Gasteiger partial charge in [0.2, 0.25) is 0 Å². The van der Waals surface area contributed by atoms with Crippen molar-refractivity contribution in [1.29, 1.82) is 0 Å². The fourth-order valence-electron chi connectivity index (χ4n) is 2.74. The van der Waals surface area contributed by atoms with Crippen molar-refractivity contribution in [3.63, 3.8) is 0 Å². The van der Waals surface area contributed by atoms with Crippen molar-refractivity contribution in [3.8, 4) is 5.75 Å². The van der Waals surface area contributed by atoms with Crippen LogP contribution in [-0.2, 0) is 0 Å².